The average molecular weight is 273 g/mol. The predicted octanol–water partition coefficient (Wildman–Crippen LogP) is 3.08. The van der Waals surface area contributed by atoms with Crippen LogP contribution in [0.25, 0.3) is 11.0 Å². The van der Waals surface area contributed by atoms with Gasteiger partial charge in [-0.2, -0.15) is 0 Å². The molecular formula is C15H13F2N3. The van der Waals surface area contributed by atoms with E-state index < -0.39 is 11.6 Å². The van der Waals surface area contributed by atoms with Crippen LogP contribution in [0.4, 0.5) is 8.78 Å². The number of nitrogens with one attached hydrogen (secondary N) is 1. The van der Waals surface area contributed by atoms with E-state index in [0.29, 0.717) is 17.8 Å². The molecule has 3 aromatic rings. The fourth-order valence-electron chi connectivity index (χ4n) is 2.22. The third kappa shape index (κ3) is 2.40. The summed E-state index contributed by atoms with van der Waals surface area (Å²) in [5, 5.41) is 0. The molecule has 0 radical (unpaired) electrons. The fraction of sp³-hybridized carbons (Fsp3) is 0.133. The summed E-state index contributed by atoms with van der Waals surface area (Å²) in [6, 6.07) is 11.4. The molecule has 1 aromatic heterocycles. The molecule has 1 atom stereocenters. The lowest BCUT2D eigenvalue weighted by molar-refractivity contribution is 0.590. The highest BCUT2D eigenvalue weighted by Gasteiger charge is 2.13. The van der Waals surface area contributed by atoms with E-state index >= 15 is 0 Å². The van der Waals surface area contributed by atoms with Crippen molar-refractivity contribution in [2.24, 2.45) is 5.73 Å². The van der Waals surface area contributed by atoms with E-state index in [1.165, 1.54) is 6.07 Å². The Hall–Kier alpha value is -2.27. The Morgan fingerprint density at radius 2 is 1.90 bits per heavy atom. The lowest BCUT2D eigenvalue weighted by atomic mass is 10.0. The molecule has 3 rings (SSSR count). The zero-order chi connectivity index (χ0) is 14.1. The van der Waals surface area contributed by atoms with E-state index in [0.717, 1.165) is 11.6 Å². The first-order valence-corrected chi connectivity index (χ1v) is 6.27. The Morgan fingerprint density at radius 3 is 2.65 bits per heavy atom. The summed E-state index contributed by atoms with van der Waals surface area (Å²) in [5.74, 6) is -0.755. The Labute approximate surface area is 114 Å². The Morgan fingerprint density at radius 1 is 1.15 bits per heavy atom. The summed E-state index contributed by atoms with van der Waals surface area (Å²) in [4.78, 5) is 7.05. The number of rotatable bonds is 3. The highest BCUT2D eigenvalue weighted by molar-refractivity contribution is 5.75. The van der Waals surface area contributed by atoms with Gasteiger partial charge in [-0.05, 0) is 11.6 Å². The number of H-pyrrole nitrogens is 1. The second-order valence-electron chi connectivity index (χ2n) is 4.69. The van der Waals surface area contributed by atoms with E-state index in [-0.39, 0.29) is 11.6 Å². The maximum atomic E-state index is 13.6. The number of imidazole rings is 1. The highest BCUT2D eigenvalue weighted by atomic mass is 19.1. The Kier molecular flexibility index (Phi) is 3.20. The zero-order valence-corrected chi connectivity index (χ0v) is 10.6. The van der Waals surface area contributed by atoms with E-state index in [4.69, 9.17) is 5.73 Å². The van der Waals surface area contributed by atoms with Crippen molar-refractivity contribution in [2.45, 2.75) is 12.5 Å². The number of nitrogens with zero attached hydrogens (tertiary/aromatic N) is 1. The fourth-order valence-corrected chi connectivity index (χ4v) is 2.22. The third-order valence-corrected chi connectivity index (χ3v) is 3.19. The maximum absolute atomic E-state index is 13.6. The van der Waals surface area contributed by atoms with E-state index in [1.807, 2.05) is 30.3 Å². The van der Waals surface area contributed by atoms with Gasteiger partial charge in [-0.25, -0.2) is 13.8 Å². The average Bonchev–Trinajstić information content (AvgIpc) is 2.82. The number of hydrogen-bond donors (Lipinski definition) is 2. The van der Waals surface area contributed by atoms with Crippen molar-refractivity contribution >= 4 is 11.0 Å². The van der Waals surface area contributed by atoms with Gasteiger partial charge in [-0.1, -0.05) is 30.3 Å². The van der Waals surface area contributed by atoms with Crippen LogP contribution in [0.5, 0.6) is 0 Å². The second-order valence-corrected chi connectivity index (χ2v) is 4.69. The molecule has 0 aliphatic heterocycles. The number of fused-ring (bicyclic) bond motifs is 1. The molecule has 2 aromatic carbocycles. The van der Waals surface area contributed by atoms with Crippen LogP contribution in [0.1, 0.15) is 17.4 Å². The topological polar surface area (TPSA) is 54.7 Å². The summed E-state index contributed by atoms with van der Waals surface area (Å²) < 4.78 is 26.7. The smallest absolute Gasteiger partial charge is 0.153 e. The van der Waals surface area contributed by atoms with Gasteiger partial charge >= 0.3 is 0 Å². The minimum Gasteiger partial charge on any atom is -0.342 e. The number of hydrogen-bond acceptors (Lipinski definition) is 2. The van der Waals surface area contributed by atoms with Crippen LogP contribution >= 0.6 is 0 Å². The molecule has 5 heteroatoms. The van der Waals surface area contributed by atoms with Crippen LogP contribution in [0.3, 0.4) is 0 Å². The standard InChI is InChI=1S/C15H13F2N3/c16-10-6-11(17)15-13(7-10)19-14(20-15)8-12(18)9-4-2-1-3-5-9/h1-7,12H,8,18H2,(H,19,20). The predicted molar refractivity (Wildman–Crippen MR) is 73.1 cm³/mol. The maximum Gasteiger partial charge on any atom is 0.153 e. The third-order valence-electron chi connectivity index (χ3n) is 3.19. The Bertz CT molecular complexity index is 737. The van der Waals surface area contributed by atoms with Crippen LogP contribution in [-0.4, -0.2) is 9.97 Å². The van der Waals surface area contributed by atoms with Crippen molar-refractivity contribution < 1.29 is 8.78 Å². The van der Waals surface area contributed by atoms with Crippen LogP contribution in [-0.2, 0) is 6.42 Å². The first-order valence-electron chi connectivity index (χ1n) is 6.27. The van der Waals surface area contributed by atoms with Crippen LogP contribution in [0.2, 0.25) is 0 Å². The van der Waals surface area contributed by atoms with Crippen LogP contribution in [0.15, 0.2) is 42.5 Å². The molecule has 1 heterocycles. The van der Waals surface area contributed by atoms with E-state index in [9.17, 15) is 8.78 Å². The summed E-state index contributed by atoms with van der Waals surface area (Å²) in [7, 11) is 0. The molecule has 0 saturated heterocycles. The van der Waals surface area contributed by atoms with Crippen molar-refractivity contribution in [3.8, 4) is 0 Å². The quantitative estimate of drug-likeness (QED) is 0.770. The molecule has 3 N–H and O–H groups in total. The number of nitrogens with two attached hydrogens (primary N) is 1. The molecule has 0 aliphatic carbocycles. The monoisotopic (exact) mass is 273 g/mol. The second kappa shape index (κ2) is 5.02. The molecule has 0 aliphatic rings. The van der Waals surface area contributed by atoms with Gasteiger partial charge in [-0.3, -0.25) is 0 Å². The molecule has 3 nitrogen and oxygen atoms in total. The van der Waals surface area contributed by atoms with Crippen molar-refractivity contribution in [3.63, 3.8) is 0 Å². The zero-order valence-electron chi connectivity index (χ0n) is 10.6. The van der Waals surface area contributed by atoms with Gasteiger partial charge in [0, 0.05) is 18.5 Å². The van der Waals surface area contributed by atoms with Gasteiger partial charge in [0.1, 0.15) is 17.2 Å². The molecule has 0 spiro atoms. The van der Waals surface area contributed by atoms with Gasteiger partial charge in [-0.15, -0.1) is 0 Å². The van der Waals surface area contributed by atoms with Crippen LogP contribution in [0, 0.1) is 11.6 Å². The van der Waals surface area contributed by atoms with Gasteiger partial charge in [0.2, 0.25) is 0 Å². The number of aromatic amines is 1. The first-order chi connectivity index (χ1) is 9.63. The lowest BCUT2D eigenvalue weighted by Crippen LogP contribution is -2.13. The van der Waals surface area contributed by atoms with E-state index in [2.05, 4.69) is 9.97 Å². The largest absolute Gasteiger partial charge is 0.342 e. The van der Waals surface area contributed by atoms with Crippen LogP contribution < -0.4 is 5.73 Å². The van der Waals surface area contributed by atoms with Gasteiger partial charge in [0.05, 0.1) is 5.52 Å². The minimum atomic E-state index is -0.671. The number of halogens is 2. The summed E-state index contributed by atoms with van der Waals surface area (Å²) in [5.41, 5.74) is 7.55. The number of benzene rings is 2. The molecule has 102 valence electrons. The first kappa shape index (κ1) is 12.7. The molecule has 0 saturated carbocycles. The number of aromatic nitrogens is 2. The SMILES string of the molecule is NC(Cc1nc2c(F)cc(F)cc2[nH]1)c1ccccc1. The summed E-state index contributed by atoms with van der Waals surface area (Å²) in [6.07, 6.45) is 0.430. The Balaban J connectivity index is 1.90. The van der Waals surface area contributed by atoms with Gasteiger partial charge in [0.15, 0.2) is 5.82 Å². The van der Waals surface area contributed by atoms with Crippen molar-refractivity contribution in [3.05, 3.63) is 65.5 Å². The molecule has 0 amide bonds. The van der Waals surface area contributed by atoms with Crippen molar-refractivity contribution in [1.82, 2.24) is 9.97 Å². The van der Waals surface area contributed by atoms with Gasteiger partial charge < -0.3 is 10.7 Å². The summed E-state index contributed by atoms with van der Waals surface area (Å²) >= 11 is 0. The summed E-state index contributed by atoms with van der Waals surface area (Å²) in [6.45, 7) is 0. The van der Waals surface area contributed by atoms with Crippen molar-refractivity contribution in [2.75, 3.05) is 0 Å². The molecule has 0 bridgehead atoms. The van der Waals surface area contributed by atoms with Gasteiger partial charge in [0.25, 0.3) is 0 Å². The highest BCUT2D eigenvalue weighted by Crippen LogP contribution is 2.20. The van der Waals surface area contributed by atoms with Crippen molar-refractivity contribution in [1.29, 1.82) is 0 Å². The minimum absolute atomic E-state index is 0.140. The molecular weight excluding hydrogens is 260 g/mol. The molecule has 1 unspecified atom stereocenters. The molecule has 0 fully saturated rings. The lowest BCUT2D eigenvalue weighted by Gasteiger charge is -2.09. The molecule has 20 heavy (non-hydrogen) atoms. The normalized spacial score (nSPS) is 12.8. The van der Waals surface area contributed by atoms with E-state index in [1.54, 1.807) is 0 Å².